The van der Waals surface area contributed by atoms with E-state index in [1.165, 1.54) is 16.7 Å². The molecule has 2 heterocycles. The van der Waals surface area contributed by atoms with Crippen LogP contribution in [0.2, 0.25) is 0 Å². The van der Waals surface area contributed by atoms with Crippen molar-refractivity contribution in [3.63, 3.8) is 0 Å². The van der Waals surface area contributed by atoms with E-state index in [0.29, 0.717) is 11.6 Å². The minimum atomic E-state index is -0.553. The van der Waals surface area contributed by atoms with Crippen molar-refractivity contribution < 1.29 is 5.11 Å². The maximum Gasteiger partial charge on any atom is 0.0991 e. The minimum Gasteiger partial charge on any atom is -0.388 e. The molecule has 1 aliphatic carbocycles. The number of fused-ring (bicyclic) bond motifs is 4. The third-order valence-corrected chi connectivity index (χ3v) is 6.00. The first-order valence-electron chi connectivity index (χ1n) is 8.85. The smallest absolute Gasteiger partial charge is 0.0991 e. The first kappa shape index (κ1) is 14.7. The summed E-state index contributed by atoms with van der Waals surface area (Å²) in [6.45, 7) is 0.797. The highest BCUT2D eigenvalue weighted by Crippen LogP contribution is 2.52. The zero-order valence-corrected chi connectivity index (χ0v) is 13.8. The van der Waals surface area contributed by atoms with Crippen LogP contribution >= 0.6 is 0 Å². The summed E-state index contributed by atoms with van der Waals surface area (Å²) in [5.41, 5.74) is 5.37. The second-order valence-electron chi connectivity index (χ2n) is 7.19. The zero-order valence-electron chi connectivity index (χ0n) is 13.8. The largest absolute Gasteiger partial charge is 0.388 e. The number of nitrogens with zero attached hydrogens (tertiary/aromatic N) is 3. The maximum absolute atomic E-state index is 11.2. The van der Waals surface area contributed by atoms with Crippen molar-refractivity contribution in [1.29, 1.82) is 5.26 Å². The van der Waals surface area contributed by atoms with Crippen LogP contribution < -0.4 is 0 Å². The number of rotatable bonds is 1. The fraction of sp³-hybridized carbons (Fsp3) is 0.333. The molecule has 0 aromatic heterocycles. The van der Waals surface area contributed by atoms with E-state index in [2.05, 4.69) is 40.2 Å². The summed E-state index contributed by atoms with van der Waals surface area (Å²) in [6.07, 6.45) is 3.29. The molecule has 5 rings (SSSR count). The van der Waals surface area contributed by atoms with E-state index in [9.17, 15) is 10.4 Å². The summed E-state index contributed by atoms with van der Waals surface area (Å²) < 4.78 is 0. The first-order valence-corrected chi connectivity index (χ1v) is 8.85. The van der Waals surface area contributed by atoms with Crippen molar-refractivity contribution in [1.82, 2.24) is 4.90 Å². The highest BCUT2D eigenvalue weighted by molar-refractivity contribution is 5.64. The lowest BCUT2D eigenvalue weighted by atomic mass is 9.75. The van der Waals surface area contributed by atoms with Crippen molar-refractivity contribution in [2.75, 3.05) is 6.54 Å². The molecule has 0 fully saturated rings. The van der Waals surface area contributed by atoms with Crippen molar-refractivity contribution in [3.8, 4) is 6.07 Å². The number of nitriles is 1. The van der Waals surface area contributed by atoms with Gasteiger partial charge in [-0.05, 0) is 47.2 Å². The standard InChI is InChI=1S/C21H19N3O/c22-10-13-5-6-14-7-8-17(21(25)18(14)9-13)20-16-4-2-1-3-15(16)19-11-23-12-24(19)20/h1-6,9,12,17,19-21,25H,7-8,11H2/t17-,19?,20-,21+/m1/s1. The van der Waals surface area contributed by atoms with E-state index in [4.69, 9.17) is 0 Å². The van der Waals surface area contributed by atoms with Crippen LogP contribution in [0.5, 0.6) is 0 Å². The molecule has 2 aliphatic heterocycles. The Balaban J connectivity index is 1.57. The van der Waals surface area contributed by atoms with Crippen LogP contribution in [0.3, 0.4) is 0 Å². The Morgan fingerprint density at radius 2 is 1.96 bits per heavy atom. The first-order chi connectivity index (χ1) is 12.3. The quantitative estimate of drug-likeness (QED) is 0.873. The molecule has 2 aromatic rings. The van der Waals surface area contributed by atoms with Gasteiger partial charge in [0.05, 0.1) is 42.7 Å². The molecular formula is C21H19N3O. The van der Waals surface area contributed by atoms with Crippen LogP contribution in [0.15, 0.2) is 47.5 Å². The Bertz CT molecular complexity index is 914. The molecule has 0 saturated carbocycles. The van der Waals surface area contributed by atoms with Crippen LogP contribution in [0.25, 0.3) is 0 Å². The predicted molar refractivity (Wildman–Crippen MR) is 95.0 cm³/mol. The topological polar surface area (TPSA) is 59.6 Å². The average Bonchev–Trinajstić information content (AvgIpc) is 3.23. The Hall–Kier alpha value is -2.64. The molecular weight excluding hydrogens is 310 g/mol. The van der Waals surface area contributed by atoms with E-state index < -0.39 is 6.10 Å². The summed E-state index contributed by atoms with van der Waals surface area (Å²) in [6, 6.07) is 16.9. The molecule has 1 unspecified atom stereocenters. The van der Waals surface area contributed by atoms with Crippen LogP contribution in [-0.2, 0) is 6.42 Å². The number of aliphatic hydroxyl groups excluding tert-OH is 1. The Morgan fingerprint density at radius 3 is 2.80 bits per heavy atom. The van der Waals surface area contributed by atoms with Crippen molar-refractivity contribution in [3.05, 3.63) is 70.3 Å². The average molecular weight is 329 g/mol. The van der Waals surface area contributed by atoms with Crippen molar-refractivity contribution >= 4 is 6.34 Å². The molecule has 1 N–H and O–H groups in total. The van der Waals surface area contributed by atoms with Gasteiger partial charge in [0.25, 0.3) is 0 Å². The molecule has 0 saturated heterocycles. The van der Waals surface area contributed by atoms with Gasteiger partial charge in [0, 0.05) is 5.92 Å². The molecule has 2 aromatic carbocycles. The van der Waals surface area contributed by atoms with Crippen LogP contribution in [0.4, 0.5) is 0 Å². The van der Waals surface area contributed by atoms with Gasteiger partial charge in [-0.25, -0.2) is 0 Å². The molecule has 4 heteroatoms. The Morgan fingerprint density at radius 1 is 1.12 bits per heavy atom. The lowest BCUT2D eigenvalue weighted by Crippen LogP contribution is -2.33. The summed E-state index contributed by atoms with van der Waals surface area (Å²) in [5, 5.41) is 20.4. The zero-order chi connectivity index (χ0) is 17.0. The molecule has 25 heavy (non-hydrogen) atoms. The van der Waals surface area contributed by atoms with Gasteiger partial charge in [-0.2, -0.15) is 5.26 Å². The number of benzene rings is 2. The van der Waals surface area contributed by atoms with Gasteiger partial charge in [0.1, 0.15) is 0 Å². The maximum atomic E-state index is 11.2. The molecule has 4 nitrogen and oxygen atoms in total. The lowest BCUT2D eigenvalue weighted by molar-refractivity contribution is 0.0468. The molecule has 124 valence electrons. The lowest BCUT2D eigenvalue weighted by Gasteiger charge is -2.38. The van der Waals surface area contributed by atoms with Gasteiger partial charge >= 0.3 is 0 Å². The van der Waals surface area contributed by atoms with E-state index in [0.717, 1.165) is 24.9 Å². The number of aliphatic imine (C=N–C) groups is 1. The van der Waals surface area contributed by atoms with Gasteiger partial charge in [-0.1, -0.05) is 30.3 Å². The predicted octanol–water partition coefficient (Wildman–Crippen LogP) is 3.29. The monoisotopic (exact) mass is 329 g/mol. The molecule has 4 atom stereocenters. The highest BCUT2D eigenvalue weighted by Gasteiger charge is 2.46. The second-order valence-corrected chi connectivity index (χ2v) is 7.19. The van der Waals surface area contributed by atoms with Crippen molar-refractivity contribution in [2.24, 2.45) is 10.9 Å². The van der Waals surface area contributed by atoms with Gasteiger partial charge < -0.3 is 10.0 Å². The SMILES string of the molecule is N#Cc1ccc2c(c1)[C@@H](O)[C@@H]([C@H]1c3ccccc3C3CN=CN31)CC2. The third-order valence-electron chi connectivity index (χ3n) is 6.00. The van der Waals surface area contributed by atoms with E-state index in [1.807, 2.05) is 24.5 Å². The normalized spacial score (nSPS) is 29.0. The minimum absolute atomic E-state index is 0.108. The van der Waals surface area contributed by atoms with Gasteiger partial charge in [0.15, 0.2) is 0 Å². The number of hydrogen-bond donors (Lipinski definition) is 1. The summed E-state index contributed by atoms with van der Waals surface area (Å²) in [5.74, 6) is 0.108. The van der Waals surface area contributed by atoms with Gasteiger partial charge in [-0.15, -0.1) is 0 Å². The molecule has 0 bridgehead atoms. The Kier molecular flexibility index (Phi) is 3.19. The van der Waals surface area contributed by atoms with Gasteiger partial charge in [0.2, 0.25) is 0 Å². The summed E-state index contributed by atoms with van der Waals surface area (Å²) >= 11 is 0. The third kappa shape index (κ3) is 2.06. The van der Waals surface area contributed by atoms with Crippen molar-refractivity contribution in [2.45, 2.75) is 31.0 Å². The molecule has 0 spiro atoms. The van der Waals surface area contributed by atoms with Gasteiger partial charge in [-0.3, -0.25) is 4.99 Å². The van der Waals surface area contributed by atoms with E-state index in [1.54, 1.807) is 0 Å². The summed E-state index contributed by atoms with van der Waals surface area (Å²) in [4.78, 5) is 6.82. The molecule has 0 radical (unpaired) electrons. The number of hydrogen-bond acceptors (Lipinski definition) is 4. The Labute approximate surface area is 147 Å². The number of aliphatic hydroxyl groups is 1. The molecule has 3 aliphatic rings. The van der Waals surface area contributed by atoms with E-state index >= 15 is 0 Å². The van der Waals surface area contributed by atoms with Crippen LogP contribution in [0.1, 0.15) is 52.4 Å². The fourth-order valence-electron chi connectivity index (χ4n) is 4.85. The molecule has 0 amide bonds. The van der Waals surface area contributed by atoms with Crippen LogP contribution in [-0.4, -0.2) is 22.9 Å². The van der Waals surface area contributed by atoms with Crippen LogP contribution in [0, 0.1) is 17.2 Å². The fourth-order valence-corrected chi connectivity index (χ4v) is 4.85. The van der Waals surface area contributed by atoms with E-state index in [-0.39, 0.29) is 12.0 Å². The highest BCUT2D eigenvalue weighted by atomic mass is 16.3. The second kappa shape index (κ2) is 5.44. The number of aryl methyl sites for hydroxylation is 1. The summed E-state index contributed by atoms with van der Waals surface area (Å²) in [7, 11) is 0.